The van der Waals surface area contributed by atoms with E-state index in [4.69, 9.17) is 0 Å². The largest absolute Gasteiger partial charge is 0.505 e. The molecule has 9 heteroatoms. The van der Waals surface area contributed by atoms with Crippen molar-refractivity contribution in [2.75, 3.05) is 0 Å². The van der Waals surface area contributed by atoms with Gasteiger partial charge in [0.1, 0.15) is 5.82 Å². The smallest absolute Gasteiger partial charge is 0.332 e. The van der Waals surface area contributed by atoms with E-state index in [1.807, 2.05) is 20.8 Å². The number of alkyl halides is 4. The standard InChI is InChI=1S/C27H27F6NOS/c1-25(2,3)36(4)34-26(16-17-8-6-5-7-9-17,18-10-11-23(35)22(29)15-18)19-12-20(14-21(28)13-19)27(32,33)24(30)31/h5-15,24,34-35H,4,16H2,1-3H3. The van der Waals surface area contributed by atoms with E-state index in [9.17, 15) is 31.4 Å². The monoisotopic (exact) mass is 527 g/mol. The summed E-state index contributed by atoms with van der Waals surface area (Å²) in [6, 6.07) is 14.4. The van der Waals surface area contributed by atoms with Crippen LogP contribution in [0.5, 0.6) is 5.75 Å². The molecule has 2 N–H and O–H groups in total. The van der Waals surface area contributed by atoms with Crippen molar-refractivity contribution in [2.24, 2.45) is 0 Å². The second kappa shape index (κ2) is 10.3. The maximum Gasteiger partial charge on any atom is 0.332 e. The van der Waals surface area contributed by atoms with Crippen LogP contribution in [0, 0.1) is 11.6 Å². The van der Waals surface area contributed by atoms with Gasteiger partial charge in [0.25, 0.3) is 0 Å². The van der Waals surface area contributed by atoms with Crippen molar-refractivity contribution in [3.63, 3.8) is 0 Å². The van der Waals surface area contributed by atoms with Crippen molar-refractivity contribution in [1.82, 2.24) is 4.72 Å². The minimum atomic E-state index is -4.62. The quantitative estimate of drug-likeness (QED) is 0.235. The van der Waals surface area contributed by atoms with Crippen LogP contribution in [-0.4, -0.2) is 22.1 Å². The molecule has 0 aliphatic heterocycles. The predicted molar refractivity (Wildman–Crippen MR) is 133 cm³/mol. The zero-order valence-corrected chi connectivity index (χ0v) is 20.8. The molecule has 2 nitrogen and oxygen atoms in total. The lowest BCUT2D eigenvalue weighted by Gasteiger charge is -2.41. The van der Waals surface area contributed by atoms with E-state index >= 15 is 0 Å². The van der Waals surface area contributed by atoms with Crippen LogP contribution in [0.3, 0.4) is 0 Å². The summed E-state index contributed by atoms with van der Waals surface area (Å²) in [6.45, 7) is 5.63. The van der Waals surface area contributed by atoms with Crippen LogP contribution in [0.25, 0.3) is 0 Å². The number of nitrogens with one attached hydrogen (secondary N) is 1. The van der Waals surface area contributed by atoms with Gasteiger partial charge in [0.05, 0.1) is 5.54 Å². The topological polar surface area (TPSA) is 32.3 Å². The highest BCUT2D eigenvalue weighted by molar-refractivity contribution is 8.13. The van der Waals surface area contributed by atoms with Gasteiger partial charge in [0, 0.05) is 10.3 Å². The molecule has 3 rings (SSSR count). The maximum atomic E-state index is 14.8. The van der Waals surface area contributed by atoms with Crippen LogP contribution in [-0.2, 0) is 17.9 Å². The highest BCUT2D eigenvalue weighted by Gasteiger charge is 2.45. The van der Waals surface area contributed by atoms with Gasteiger partial charge in [-0.3, -0.25) is 4.72 Å². The van der Waals surface area contributed by atoms with E-state index in [2.05, 4.69) is 10.6 Å². The van der Waals surface area contributed by atoms with Gasteiger partial charge in [0.15, 0.2) is 11.6 Å². The molecule has 0 aliphatic carbocycles. The third-order valence-electron chi connectivity index (χ3n) is 5.84. The van der Waals surface area contributed by atoms with Gasteiger partial charge >= 0.3 is 12.3 Å². The van der Waals surface area contributed by atoms with Crippen molar-refractivity contribution in [1.29, 1.82) is 0 Å². The molecule has 194 valence electrons. The van der Waals surface area contributed by atoms with Crippen LogP contribution < -0.4 is 4.72 Å². The molecular weight excluding hydrogens is 500 g/mol. The Morgan fingerprint density at radius 1 is 0.889 bits per heavy atom. The Morgan fingerprint density at radius 3 is 2.06 bits per heavy atom. The number of benzene rings is 3. The first-order valence-corrected chi connectivity index (χ1v) is 12.4. The zero-order chi connectivity index (χ0) is 26.9. The van der Waals surface area contributed by atoms with Gasteiger partial charge < -0.3 is 5.11 Å². The fraction of sp³-hybridized carbons (Fsp3) is 0.296. The first-order valence-electron chi connectivity index (χ1n) is 11.0. The van der Waals surface area contributed by atoms with Gasteiger partial charge in [-0.05, 0) is 53.4 Å². The van der Waals surface area contributed by atoms with Crippen LogP contribution in [0.4, 0.5) is 26.3 Å². The minimum Gasteiger partial charge on any atom is -0.505 e. The molecule has 2 unspecified atom stereocenters. The van der Waals surface area contributed by atoms with Crippen molar-refractivity contribution in [3.05, 3.63) is 101 Å². The lowest BCUT2D eigenvalue weighted by Crippen LogP contribution is -2.45. The predicted octanol–water partition coefficient (Wildman–Crippen LogP) is 7.52. The molecule has 0 amide bonds. The summed E-state index contributed by atoms with van der Waals surface area (Å²) in [4.78, 5) is 0. The summed E-state index contributed by atoms with van der Waals surface area (Å²) in [7, 11) is -0.930. The fourth-order valence-electron chi connectivity index (χ4n) is 3.72. The summed E-state index contributed by atoms with van der Waals surface area (Å²) < 4.78 is 87.4. The molecule has 36 heavy (non-hydrogen) atoms. The van der Waals surface area contributed by atoms with Crippen LogP contribution in [0.15, 0.2) is 66.7 Å². The highest BCUT2D eigenvalue weighted by atomic mass is 32.2. The van der Waals surface area contributed by atoms with Crippen molar-refractivity contribution >= 4 is 16.5 Å². The Balaban J connectivity index is 2.40. The van der Waals surface area contributed by atoms with Crippen LogP contribution >= 0.6 is 10.7 Å². The molecule has 0 radical (unpaired) electrons. The Labute approximate surface area is 209 Å². The van der Waals surface area contributed by atoms with Crippen molar-refractivity contribution < 1.29 is 31.4 Å². The fourth-order valence-corrected chi connectivity index (χ4v) is 4.75. The Kier molecular flexibility index (Phi) is 7.95. The molecule has 0 aliphatic rings. The first-order chi connectivity index (χ1) is 16.7. The van der Waals surface area contributed by atoms with E-state index in [0.29, 0.717) is 11.6 Å². The minimum absolute atomic E-state index is 0.0102. The maximum absolute atomic E-state index is 14.8. The molecule has 0 aromatic heterocycles. The summed E-state index contributed by atoms with van der Waals surface area (Å²) >= 11 is 0. The molecule has 3 aromatic carbocycles. The molecule has 0 bridgehead atoms. The Bertz CT molecular complexity index is 1240. The van der Waals surface area contributed by atoms with E-state index in [1.165, 1.54) is 6.07 Å². The number of phenols is 1. The summed E-state index contributed by atoms with van der Waals surface area (Å²) in [5.41, 5.74) is -2.05. The van der Waals surface area contributed by atoms with E-state index in [-0.39, 0.29) is 17.5 Å². The third-order valence-corrected chi connectivity index (χ3v) is 7.91. The van der Waals surface area contributed by atoms with Gasteiger partial charge in [-0.2, -0.15) is 8.78 Å². The highest BCUT2D eigenvalue weighted by Crippen LogP contribution is 2.43. The Morgan fingerprint density at radius 2 is 1.50 bits per heavy atom. The lowest BCUT2D eigenvalue weighted by atomic mass is 9.78. The number of hydrogen-bond donors (Lipinski definition) is 2. The van der Waals surface area contributed by atoms with Crippen molar-refractivity contribution in [2.45, 2.75) is 49.8 Å². The van der Waals surface area contributed by atoms with Gasteiger partial charge in [0.2, 0.25) is 0 Å². The average Bonchev–Trinajstić information content (AvgIpc) is 2.79. The van der Waals surface area contributed by atoms with E-state index < -0.39 is 56.3 Å². The molecule has 0 saturated carbocycles. The second-order valence-electron chi connectivity index (χ2n) is 9.49. The van der Waals surface area contributed by atoms with Gasteiger partial charge in [-0.25, -0.2) is 17.6 Å². The molecule has 0 spiro atoms. The SMILES string of the molecule is C=S(NC(Cc1ccccc1)(c1cc(F)cc(C(F)(F)C(F)F)c1)c1ccc(O)c(F)c1)C(C)(C)C. The number of aromatic hydroxyl groups is 1. The van der Waals surface area contributed by atoms with E-state index in [0.717, 1.165) is 24.3 Å². The first kappa shape index (κ1) is 27.8. The zero-order valence-electron chi connectivity index (χ0n) is 20.0. The molecule has 3 aromatic rings. The number of hydrogen-bond acceptors (Lipinski definition) is 2. The summed E-state index contributed by atoms with van der Waals surface area (Å²) in [5.74, 6) is -3.23. The van der Waals surface area contributed by atoms with Crippen molar-refractivity contribution in [3.8, 4) is 5.75 Å². The Hall–Kier alpha value is -2.78. The third kappa shape index (κ3) is 5.78. The van der Waals surface area contributed by atoms with Gasteiger partial charge in [-0.15, -0.1) is 10.7 Å². The van der Waals surface area contributed by atoms with E-state index in [1.54, 1.807) is 30.3 Å². The normalized spacial score (nSPS) is 15.1. The lowest BCUT2D eigenvalue weighted by molar-refractivity contribution is -0.135. The molecule has 2 atom stereocenters. The molecular formula is C27H27F6NOS. The van der Waals surface area contributed by atoms with Crippen LogP contribution in [0.2, 0.25) is 0 Å². The second-order valence-corrected chi connectivity index (χ2v) is 11.7. The number of phenolic OH excluding ortho intramolecular Hbond substituents is 1. The molecule has 0 heterocycles. The van der Waals surface area contributed by atoms with Gasteiger partial charge in [-0.1, -0.05) is 63.0 Å². The number of rotatable bonds is 8. The number of halogens is 6. The van der Waals surface area contributed by atoms with Crippen LogP contribution in [0.1, 0.15) is 43.0 Å². The molecule has 0 saturated heterocycles. The summed E-state index contributed by atoms with van der Waals surface area (Å²) in [5, 5.41) is 9.79. The average molecular weight is 528 g/mol. The molecule has 0 fully saturated rings. The summed E-state index contributed by atoms with van der Waals surface area (Å²) in [6.07, 6.45) is -4.05.